The largest absolute Gasteiger partial charge is 0.489 e. The fourth-order valence-electron chi connectivity index (χ4n) is 4.94. The topological polar surface area (TPSA) is 91.5 Å². The van der Waals surface area contributed by atoms with Crippen molar-refractivity contribution in [1.82, 2.24) is 30.5 Å². The average molecular weight is 493 g/mol. The van der Waals surface area contributed by atoms with Gasteiger partial charge >= 0.3 is 0 Å². The van der Waals surface area contributed by atoms with Crippen LogP contribution in [0.4, 0.5) is 0 Å². The summed E-state index contributed by atoms with van der Waals surface area (Å²) in [6, 6.07) is 16.9. The number of fused-ring (bicyclic) bond motifs is 2. The van der Waals surface area contributed by atoms with Crippen LogP contribution in [-0.2, 0) is 0 Å². The molecule has 36 heavy (non-hydrogen) atoms. The van der Waals surface area contributed by atoms with Crippen molar-refractivity contribution < 1.29 is 4.74 Å². The van der Waals surface area contributed by atoms with Gasteiger partial charge in [0.15, 0.2) is 0 Å². The molecule has 0 atom stereocenters. The van der Waals surface area contributed by atoms with Crippen molar-refractivity contribution in [3.05, 3.63) is 72.5 Å². The van der Waals surface area contributed by atoms with Crippen LogP contribution in [0, 0.1) is 0 Å². The highest BCUT2D eigenvalue weighted by atomic mass is 32.1. The number of aromatic amines is 2. The van der Waals surface area contributed by atoms with Crippen LogP contribution in [0.2, 0.25) is 0 Å². The lowest BCUT2D eigenvalue weighted by Gasteiger charge is -2.23. The Balaban J connectivity index is 1.26. The summed E-state index contributed by atoms with van der Waals surface area (Å²) < 4.78 is 6.21. The van der Waals surface area contributed by atoms with Crippen LogP contribution in [0.5, 0.6) is 5.75 Å². The second kappa shape index (κ2) is 8.89. The van der Waals surface area contributed by atoms with E-state index in [2.05, 4.69) is 78.3 Å². The zero-order chi connectivity index (χ0) is 23.9. The van der Waals surface area contributed by atoms with E-state index in [-0.39, 0.29) is 6.10 Å². The van der Waals surface area contributed by atoms with Gasteiger partial charge in [-0.25, -0.2) is 0 Å². The summed E-state index contributed by atoms with van der Waals surface area (Å²) in [5, 5.41) is 15.5. The third-order valence-electron chi connectivity index (χ3n) is 6.75. The molecule has 1 saturated heterocycles. The number of hydrogen-bond acceptors (Lipinski definition) is 6. The van der Waals surface area contributed by atoms with Crippen LogP contribution in [0.3, 0.4) is 0 Å². The van der Waals surface area contributed by atoms with E-state index in [0.29, 0.717) is 0 Å². The molecule has 1 aliphatic heterocycles. The molecular weight excluding hydrogens is 468 g/mol. The lowest BCUT2D eigenvalue weighted by Crippen LogP contribution is -2.34. The number of nitrogens with one attached hydrogen (secondary N) is 3. The first-order chi connectivity index (χ1) is 17.8. The van der Waals surface area contributed by atoms with Gasteiger partial charge in [0.1, 0.15) is 17.5 Å². The molecular formula is C28H24N6OS. The van der Waals surface area contributed by atoms with Crippen molar-refractivity contribution in [2.45, 2.75) is 18.9 Å². The minimum absolute atomic E-state index is 0.222. The van der Waals surface area contributed by atoms with Crippen molar-refractivity contribution in [3.63, 3.8) is 0 Å². The van der Waals surface area contributed by atoms with Crippen molar-refractivity contribution >= 4 is 33.1 Å². The first-order valence-corrected chi connectivity index (χ1v) is 13.0. The number of rotatable bonds is 5. The molecule has 1 aromatic carbocycles. The van der Waals surface area contributed by atoms with Gasteiger partial charge in [-0.05, 0) is 61.6 Å². The van der Waals surface area contributed by atoms with E-state index in [4.69, 9.17) is 4.74 Å². The van der Waals surface area contributed by atoms with Crippen LogP contribution < -0.4 is 10.1 Å². The molecule has 0 radical (unpaired) electrons. The van der Waals surface area contributed by atoms with Crippen LogP contribution in [0.15, 0.2) is 72.5 Å². The smallest absolute Gasteiger partial charge is 0.138 e. The number of hydrogen-bond donors (Lipinski definition) is 3. The number of aromatic nitrogens is 5. The summed E-state index contributed by atoms with van der Waals surface area (Å²) in [4.78, 5) is 13.9. The molecule has 5 aromatic heterocycles. The third kappa shape index (κ3) is 3.84. The molecule has 1 fully saturated rings. The van der Waals surface area contributed by atoms with Gasteiger partial charge in [-0.1, -0.05) is 18.2 Å². The molecule has 6 aromatic rings. The Hall–Kier alpha value is -4.01. The molecule has 0 aliphatic carbocycles. The molecule has 0 bridgehead atoms. The predicted octanol–water partition coefficient (Wildman–Crippen LogP) is 6.03. The van der Waals surface area contributed by atoms with E-state index < -0.39 is 0 Å². The lowest BCUT2D eigenvalue weighted by molar-refractivity contribution is 0.162. The SMILES string of the molecule is c1csc(-c2cccc3[nH]c(-c4n[nH]c5cnc(-c6cncc(OC7CCNCC7)c6)cc45)cc23)c1. The molecule has 0 spiro atoms. The van der Waals surface area contributed by atoms with E-state index in [0.717, 1.165) is 70.7 Å². The van der Waals surface area contributed by atoms with Crippen LogP contribution >= 0.6 is 11.3 Å². The summed E-state index contributed by atoms with van der Waals surface area (Å²) in [7, 11) is 0. The molecule has 178 valence electrons. The fourth-order valence-corrected chi connectivity index (χ4v) is 5.70. The Bertz CT molecular complexity index is 1660. The van der Waals surface area contributed by atoms with Crippen LogP contribution in [-0.4, -0.2) is 44.3 Å². The molecule has 1 aliphatic rings. The van der Waals surface area contributed by atoms with Crippen molar-refractivity contribution in [2.24, 2.45) is 0 Å². The maximum absolute atomic E-state index is 6.21. The van der Waals surface area contributed by atoms with E-state index in [1.807, 2.05) is 18.5 Å². The highest BCUT2D eigenvalue weighted by molar-refractivity contribution is 7.13. The lowest BCUT2D eigenvalue weighted by atomic mass is 10.1. The van der Waals surface area contributed by atoms with Gasteiger partial charge in [-0.2, -0.15) is 5.10 Å². The molecule has 0 unspecified atom stereocenters. The first kappa shape index (κ1) is 21.3. The van der Waals surface area contributed by atoms with Crippen molar-refractivity contribution in [2.75, 3.05) is 13.1 Å². The highest BCUT2D eigenvalue weighted by Crippen LogP contribution is 2.36. The Kier molecular flexibility index (Phi) is 5.26. The minimum atomic E-state index is 0.222. The second-order valence-corrected chi connectivity index (χ2v) is 10.0. The van der Waals surface area contributed by atoms with Crippen molar-refractivity contribution in [1.29, 1.82) is 0 Å². The monoisotopic (exact) mass is 492 g/mol. The molecule has 0 saturated carbocycles. The Morgan fingerprint density at radius 1 is 0.917 bits per heavy atom. The van der Waals surface area contributed by atoms with Crippen LogP contribution in [0.25, 0.3) is 54.9 Å². The van der Waals surface area contributed by atoms with E-state index >= 15 is 0 Å². The van der Waals surface area contributed by atoms with E-state index in [9.17, 15) is 0 Å². The zero-order valence-electron chi connectivity index (χ0n) is 19.5. The van der Waals surface area contributed by atoms with Gasteiger partial charge in [-0.3, -0.25) is 15.1 Å². The summed E-state index contributed by atoms with van der Waals surface area (Å²) in [5.41, 5.74) is 6.81. The number of benzene rings is 1. The van der Waals surface area contributed by atoms with E-state index in [1.165, 1.54) is 15.8 Å². The van der Waals surface area contributed by atoms with Gasteiger partial charge < -0.3 is 15.0 Å². The molecule has 8 heteroatoms. The minimum Gasteiger partial charge on any atom is -0.489 e. The molecule has 7 rings (SSSR count). The zero-order valence-corrected chi connectivity index (χ0v) is 20.3. The Morgan fingerprint density at radius 3 is 2.75 bits per heavy atom. The normalized spacial score (nSPS) is 14.6. The van der Waals surface area contributed by atoms with Gasteiger partial charge in [0.05, 0.1) is 29.3 Å². The Labute approximate surface area is 211 Å². The summed E-state index contributed by atoms with van der Waals surface area (Å²) in [6.45, 7) is 1.98. The number of H-pyrrole nitrogens is 2. The van der Waals surface area contributed by atoms with Crippen LogP contribution in [0.1, 0.15) is 12.8 Å². The average Bonchev–Trinajstić information content (AvgIpc) is 3.68. The van der Waals surface area contributed by atoms with Gasteiger partial charge in [0, 0.05) is 38.5 Å². The predicted molar refractivity (Wildman–Crippen MR) is 144 cm³/mol. The third-order valence-corrected chi connectivity index (χ3v) is 7.65. The summed E-state index contributed by atoms with van der Waals surface area (Å²) in [6.07, 6.45) is 7.68. The standard InChI is InChI=1S/C28H24N6OS/c1-3-20(27-5-2-10-36-27)21-12-25(32-23(21)4-1)28-22-13-24(31-16-26(22)33-34-28)17-11-19(15-30-14-17)35-18-6-8-29-9-7-18/h1-5,10-16,18,29,32H,6-9H2,(H,33,34). The number of pyridine rings is 2. The van der Waals surface area contributed by atoms with Gasteiger partial charge in [0.25, 0.3) is 0 Å². The van der Waals surface area contributed by atoms with Gasteiger partial charge in [-0.15, -0.1) is 11.3 Å². The summed E-state index contributed by atoms with van der Waals surface area (Å²) in [5.74, 6) is 0.783. The number of thiophene rings is 1. The van der Waals surface area contributed by atoms with Crippen molar-refractivity contribution in [3.8, 4) is 38.8 Å². The maximum Gasteiger partial charge on any atom is 0.138 e. The number of nitrogens with zero attached hydrogens (tertiary/aromatic N) is 3. The second-order valence-electron chi connectivity index (χ2n) is 9.09. The Morgan fingerprint density at radius 2 is 1.86 bits per heavy atom. The fraction of sp³-hybridized carbons (Fsp3) is 0.179. The quantitative estimate of drug-likeness (QED) is 0.273. The summed E-state index contributed by atoms with van der Waals surface area (Å²) >= 11 is 1.75. The molecule has 0 amide bonds. The molecule has 6 heterocycles. The maximum atomic E-state index is 6.21. The first-order valence-electron chi connectivity index (χ1n) is 12.1. The number of ether oxygens (including phenoxy) is 1. The molecule has 7 nitrogen and oxygen atoms in total. The van der Waals surface area contributed by atoms with Gasteiger partial charge in [0.2, 0.25) is 0 Å². The highest BCUT2D eigenvalue weighted by Gasteiger charge is 2.17. The molecule has 3 N–H and O–H groups in total. The number of piperidine rings is 1. The van der Waals surface area contributed by atoms with E-state index in [1.54, 1.807) is 17.5 Å².